The van der Waals surface area contributed by atoms with Crippen LogP contribution in [0.3, 0.4) is 0 Å². The molecule has 3 amide bonds. The van der Waals surface area contributed by atoms with E-state index in [0.717, 1.165) is 26.1 Å². The van der Waals surface area contributed by atoms with Crippen molar-refractivity contribution in [3.63, 3.8) is 0 Å². The number of amides is 3. The van der Waals surface area contributed by atoms with Gasteiger partial charge in [0.05, 0.1) is 6.04 Å². The molecule has 0 bridgehead atoms. The van der Waals surface area contributed by atoms with Gasteiger partial charge in [-0.3, -0.25) is 15.0 Å². The molecule has 2 atom stereocenters. The van der Waals surface area contributed by atoms with E-state index in [4.69, 9.17) is 5.73 Å². The van der Waals surface area contributed by atoms with Crippen LogP contribution in [0, 0.1) is 5.92 Å². The molecule has 0 aromatic rings. The predicted octanol–water partition coefficient (Wildman–Crippen LogP) is 0.0338. The second-order valence-electron chi connectivity index (χ2n) is 5.72. The lowest BCUT2D eigenvalue weighted by atomic mass is 10.1. The first-order chi connectivity index (χ1) is 9.06. The third-order valence-corrected chi connectivity index (χ3v) is 3.98. The van der Waals surface area contributed by atoms with Gasteiger partial charge in [0.25, 0.3) is 0 Å². The molecule has 2 fully saturated rings. The van der Waals surface area contributed by atoms with Gasteiger partial charge >= 0.3 is 6.03 Å². The smallest absolute Gasteiger partial charge is 0.318 e. The number of nitrogens with zero attached hydrogens (tertiary/aromatic N) is 1. The Kier molecular flexibility index (Phi) is 4.76. The van der Waals surface area contributed by atoms with Crippen molar-refractivity contribution in [2.45, 2.75) is 44.7 Å². The maximum Gasteiger partial charge on any atom is 0.318 e. The highest BCUT2D eigenvalue weighted by molar-refractivity contribution is 5.96. The van der Waals surface area contributed by atoms with Crippen molar-refractivity contribution >= 4 is 11.9 Å². The zero-order chi connectivity index (χ0) is 13.8. The minimum atomic E-state index is -0.776. The summed E-state index contributed by atoms with van der Waals surface area (Å²) in [5.74, 6) is 0.413. The molecule has 6 heteroatoms. The summed E-state index contributed by atoms with van der Waals surface area (Å²) >= 11 is 0. The second kappa shape index (κ2) is 6.34. The van der Waals surface area contributed by atoms with Gasteiger partial charge in [-0.1, -0.05) is 0 Å². The number of carbonyl (C=O) groups is 2. The molecule has 1 heterocycles. The Morgan fingerprint density at radius 1 is 1.37 bits per heavy atom. The fourth-order valence-electron chi connectivity index (χ4n) is 2.61. The molecule has 6 nitrogen and oxygen atoms in total. The molecule has 19 heavy (non-hydrogen) atoms. The number of hydrogen-bond donors (Lipinski definition) is 3. The number of nitrogens with two attached hydrogens (primary N) is 1. The van der Waals surface area contributed by atoms with E-state index < -0.39 is 6.03 Å². The van der Waals surface area contributed by atoms with Crippen LogP contribution in [0.15, 0.2) is 0 Å². The molecule has 0 aromatic carbocycles. The van der Waals surface area contributed by atoms with E-state index in [1.807, 2.05) is 6.92 Å². The molecule has 0 aromatic heterocycles. The summed E-state index contributed by atoms with van der Waals surface area (Å²) < 4.78 is 0. The van der Waals surface area contributed by atoms with Gasteiger partial charge in [0, 0.05) is 19.1 Å². The molecule has 0 radical (unpaired) electrons. The average Bonchev–Trinajstić information content (AvgIpc) is 3.01. The van der Waals surface area contributed by atoms with Crippen LogP contribution in [0.25, 0.3) is 0 Å². The topological polar surface area (TPSA) is 87.5 Å². The summed E-state index contributed by atoms with van der Waals surface area (Å²) in [5.41, 5.74) is 5.01. The van der Waals surface area contributed by atoms with E-state index in [0.29, 0.717) is 12.0 Å². The summed E-state index contributed by atoms with van der Waals surface area (Å²) in [6, 6.07) is -0.625. The Labute approximate surface area is 114 Å². The quantitative estimate of drug-likeness (QED) is 0.634. The molecule has 108 valence electrons. The molecule has 1 saturated carbocycles. The average molecular weight is 268 g/mol. The number of carbonyl (C=O) groups excluding carboxylic acids is 2. The number of urea groups is 1. The first-order valence-corrected chi connectivity index (χ1v) is 7.14. The molecular weight excluding hydrogens is 244 g/mol. The summed E-state index contributed by atoms with van der Waals surface area (Å²) in [6.07, 6.45) is 4.85. The molecule has 2 rings (SSSR count). The molecular formula is C13H24N4O2. The highest BCUT2D eigenvalue weighted by atomic mass is 16.2. The maximum atomic E-state index is 11.9. The van der Waals surface area contributed by atoms with E-state index in [-0.39, 0.29) is 11.9 Å². The van der Waals surface area contributed by atoms with Gasteiger partial charge in [-0.2, -0.15) is 0 Å². The van der Waals surface area contributed by atoms with Gasteiger partial charge in [-0.25, -0.2) is 4.79 Å². The Morgan fingerprint density at radius 3 is 2.63 bits per heavy atom. The molecule has 1 aliphatic carbocycles. The Bertz CT molecular complexity index is 338. The van der Waals surface area contributed by atoms with E-state index in [2.05, 4.69) is 15.5 Å². The largest absolute Gasteiger partial charge is 0.351 e. The van der Waals surface area contributed by atoms with Gasteiger partial charge < -0.3 is 11.1 Å². The fraction of sp³-hybridized carbons (Fsp3) is 0.846. The van der Waals surface area contributed by atoms with Crippen LogP contribution in [0.1, 0.15) is 32.6 Å². The standard InChI is InChI=1S/C13H24N4O2/c1-9(12(18)16-13(14)19)17(7-10-4-5-10)8-11-3-2-6-15-11/h9-11,15H,2-8H2,1H3,(H3,14,16,18,19). The van der Waals surface area contributed by atoms with Gasteiger partial charge in [-0.05, 0) is 45.1 Å². The van der Waals surface area contributed by atoms with Gasteiger partial charge in [0.1, 0.15) is 0 Å². The summed E-state index contributed by atoms with van der Waals surface area (Å²) in [6.45, 7) is 4.70. The van der Waals surface area contributed by atoms with Crippen LogP contribution < -0.4 is 16.4 Å². The van der Waals surface area contributed by atoms with Crippen molar-refractivity contribution in [2.24, 2.45) is 11.7 Å². The fourth-order valence-corrected chi connectivity index (χ4v) is 2.61. The lowest BCUT2D eigenvalue weighted by molar-refractivity contribution is -0.124. The minimum Gasteiger partial charge on any atom is -0.351 e. The lowest BCUT2D eigenvalue weighted by Crippen LogP contribution is -2.51. The Morgan fingerprint density at radius 2 is 2.11 bits per heavy atom. The van der Waals surface area contributed by atoms with Crippen LogP contribution >= 0.6 is 0 Å². The third kappa shape index (κ3) is 4.47. The minimum absolute atomic E-state index is 0.300. The molecule has 2 unspecified atom stereocenters. The zero-order valence-electron chi connectivity index (χ0n) is 11.5. The van der Waals surface area contributed by atoms with Crippen LogP contribution in [0.5, 0.6) is 0 Å². The number of nitrogens with one attached hydrogen (secondary N) is 2. The number of primary amides is 1. The molecule has 0 spiro atoms. The Hall–Kier alpha value is -1.14. The first-order valence-electron chi connectivity index (χ1n) is 7.14. The van der Waals surface area contributed by atoms with Crippen LogP contribution in [0.2, 0.25) is 0 Å². The monoisotopic (exact) mass is 268 g/mol. The number of hydrogen-bond acceptors (Lipinski definition) is 4. The first kappa shape index (κ1) is 14.3. The number of rotatable bonds is 6. The highest BCUT2D eigenvalue weighted by Crippen LogP contribution is 2.30. The Balaban J connectivity index is 1.90. The van der Waals surface area contributed by atoms with E-state index >= 15 is 0 Å². The van der Waals surface area contributed by atoms with Crippen LogP contribution in [-0.2, 0) is 4.79 Å². The summed E-state index contributed by atoms with van der Waals surface area (Å²) in [4.78, 5) is 24.9. The van der Waals surface area contributed by atoms with Crippen molar-refractivity contribution in [1.82, 2.24) is 15.5 Å². The van der Waals surface area contributed by atoms with Gasteiger partial charge in [0.15, 0.2) is 0 Å². The molecule has 1 aliphatic heterocycles. The lowest BCUT2D eigenvalue weighted by Gasteiger charge is -2.30. The van der Waals surface area contributed by atoms with Gasteiger partial charge in [-0.15, -0.1) is 0 Å². The number of imide groups is 1. The maximum absolute atomic E-state index is 11.9. The SMILES string of the molecule is CC(C(=O)NC(N)=O)N(CC1CC1)CC1CCCN1. The summed E-state index contributed by atoms with van der Waals surface area (Å²) in [7, 11) is 0. The second-order valence-corrected chi connectivity index (χ2v) is 5.72. The summed E-state index contributed by atoms with van der Waals surface area (Å²) in [5, 5.41) is 5.63. The normalized spacial score (nSPS) is 24.4. The zero-order valence-corrected chi connectivity index (χ0v) is 11.5. The molecule has 4 N–H and O–H groups in total. The van der Waals surface area contributed by atoms with Crippen molar-refractivity contribution in [3.05, 3.63) is 0 Å². The third-order valence-electron chi connectivity index (χ3n) is 3.98. The van der Waals surface area contributed by atoms with Crippen LogP contribution in [-0.4, -0.2) is 48.6 Å². The van der Waals surface area contributed by atoms with Crippen molar-refractivity contribution in [2.75, 3.05) is 19.6 Å². The van der Waals surface area contributed by atoms with E-state index in [1.54, 1.807) is 0 Å². The highest BCUT2D eigenvalue weighted by Gasteiger charge is 2.31. The van der Waals surface area contributed by atoms with Crippen molar-refractivity contribution < 1.29 is 9.59 Å². The molecule has 1 saturated heterocycles. The van der Waals surface area contributed by atoms with E-state index in [1.165, 1.54) is 19.3 Å². The predicted molar refractivity (Wildman–Crippen MR) is 72.5 cm³/mol. The van der Waals surface area contributed by atoms with Gasteiger partial charge in [0.2, 0.25) is 5.91 Å². The van der Waals surface area contributed by atoms with Crippen LogP contribution in [0.4, 0.5) is 4.79 Å². The van der Waals surface area contributed by atoms with Crippen molar-refractivity contribution in [1.29, 1.82) is 0 Å². The van der Waals surface area contributed by atoms with Crippen molar-refractivity contribution in [3.8, 4) is 0 Å². The molecule has 2 aliphatic rings. The van der Waals surface area contributed by atoms with E-state index in [9.17, 15) is 9.59 Å².